The van der Waals surface area contributed by atoms with Crippen LogP contribution in [0.25, 0.3) is 27.5 Å². The van der Waals surface area contributed by atoms with Gasteiger partial charge in [-0.25, -0.2) is 0 Å². The van der Waals surface area contributed by atoms with Crippen LogP contribution in [0.2, 0.25) is 0 Å². The molecule has 5 aromatic rings. The fourth-order valence-electron chi connectivity index (χ4n) is 4.88. The molecule has 2 aromatic heterocycles. The van der Waals surface area contributed by atoms with Crippen LogP contribution in [0.1, 0.15) is 28.7 Å². The molecule has 0 amide bonds. The van der Waals surface area contributed by atoms with Gasteiger partial charge in [0.25, 0.3) is 0 Å². The lowest BCUT2D eigenvalue weighted by Crippen LogP contribution is -2.03. The van der Waals surface area contributed by atoms with E-state index < -0.39 is 0 Å². The Balaban J connectivity index is 1.18. The van der Waals surface area contributed by atoms with Gasteiger partial charge >= 0.3 is 0 Å². The minimum atomic E-state index is 0.602. The molecule has 178 valence electrons. The molecule has 1 aliphatic carbocycles. The first-order valence-corrected chi connectivity index (χ1v) is 12.6. The van der Waals surface area contributed by atoms with E-state index >= 15 is 0 Å². The third-order valence-electron chi connectivity index (χ3n) is 6.79. The van der Waals surface area contributed by atoms with Crippen molar-refractivity contribution in [3.63, 3.8) is 0 Å². The van der Waals surface area contributed by atoms with Crippen LogP contribution >= 0.6 is 0 Å². The first kappa shape index (κ1) is 22.8. The van der Waals surface area contributed by atoms with Gasteiger partial charge in [0.2, 0.25) is 0 Å². The largest absolute Gasteiger partial charge is 0.493 e. The Bertz CT molecular complexity index is 1650. The third-order valence-corrected chi connectivity index (χ3v) is 6.79. The van der Waals surface area contributed by atoms with Crippen LogP contribution in [0, 0.1) is 11.8 Å². The monoisotopic (exact) mass is 478 g/mol. The van der Waals surface area contributed by atoms with Crippen LogP contribution in [0.3, 0.4) is 0 Å². The number of allylic oxidation sites excluding steroid dienone is 1. The quantitative estimate of drug-likeness (QED) is 0.240. The molecule has 0 fully saturated rings. The Labute approximate surface area is 217 Å². The van der Waals surface area contributed by atoms with E-state index in [2.05, 4.69) is 88.5 Å². The Morgan fingerprint density at radius 2 is 1.57 bits per heavy atom. The molecule has 0 saturated carbocycles. The Hall–Kier alpha value is -4.68. The first-order valence-electron chi connectivity index (χ1n) is 12.6. The number of rotatable bonds is 6. The molecule has 6 rings (SSSR count). The van der Waals surface area contributed by atoms with E-state index in [1.54, 1.807) is 0 Å². The van der Waals surface area contributed by atoms with Gasteiger partial charge in [-0.1, -0.05) is 78.6 Å². The predicted octanol–water partition coefficient (Wildman–Crippen LogP) is 7.30. The molecule has 2 heterocycles. The highest BCUT2D eigenvalue weighted by Crippen LogP contribution is 2.35. The maximum Gasteiger partial charge on any atom is 0.127 e. The van der Waals surface area contributed by atoms with Crippen LogP contribution < -0.4 is 4.74 Å². The molecular formula is C34H26N2O. The summed E-state index contributed by atoms with van der Waals surface area (Å²) >= 11 is 0. The van der Waals surface area contributed by atoms with Crippen LogP contribution in [-0.4, -0.2) is 16.6 Å². The number of hydrogen-bond acceptors (Lipinski definition) is 3. The molecule has 0 unspecified atom stereocenters. The predicted molar refractivity (Wildman–Crippen MR) is 150 cm³/mol. The molecule has 0 spiro atoms. The van der Waals surface area contributed by atoms with Gasteiger partial charge in [-0.15, -0.1) is 0 Å². The summed E-state index contributed by atoms with van der Waals surface area (Å²) in [6.45, 7) is 0.602. The van der Waals surface area contributed by atoms with E-state index in [0.29, 0.717) is 6.61 Å². The second-order valence-corrected chi connectivity index (χ2v) is 9.08. The summed E-state index contributed by atoms with van der Waals surface area (Å²) in [5.41, 5.74) is 8.27. The normalized spacial score (nSPS) is 13.9. The average molecular weight is 479 g/mol. The lowest BCUT2D eigenvalue weighted by Gasteiger charge is -2.15. The molecule has 3 heteroatoms. The highest BCUT2D eigenvalue weighted by atomic mass is 16.5. The zero-order valence-electron chi connectivity index (χ0n) is 20.5. The number of hydrogen-bond donors (Lipinski definition) is 0. The molecule has 0 aliphatic heterocycles. The second-order valence-electron chi connectivity index (χ2n) is 9.08. The summed E-state index contributed by atoms with van der Waals surface area (Å²) in [6, 6.07) is 27.5. The second kappa shape index (κ2) is 10.5. The maximum atomic E-state index is 6.31. The summed E-state index contributed by atoms with van der Waals surface area (Å²) in [4.78, 5) is 8.71. The van der Waals surface area contributed by atoms with Gasteiger partial charge in [0.15, 0.2) is 0 Å². The SMILES string of the molecule is C1#CCc2ccncc2/C(c2ccc(CCOc3ccccc3-c3cccc4ccncc34)cc2)=C\C1. The minimum Gasteiger partial charge on any atom is -0.493 e. The standard InChI is InChI=1S/C34H26N2O/c1-2-7-26-17-20-35-23-32(26)29(9-3-1)28-15-13-25(14-16-28)19-22-37-34-12-5-4-10-31(34)30-11-6-8-27-18-21-36-24-33(27)30/h4-6,8-18,20-21,23-24H,3,7,19,22H2/b29-9-. The van der Waals surface area contributed by atoms with Gasteiger partial charge in [0, 0.05) is 60.6 Å². The number of fused-ring (bicyclic) bond motifs is 2. The van der Waals surface area contributed by atoms with Gasteiger partial charge in [0.05, 0.1) is 6.61 Å². The molecule has 0 N–H and O–H groups in total. The molecule has 0 saturated heterocycles. The fourth-order valence-corrected chi connectivity index (χ4v) is 4.88. The Kier molecular flexibility index (Phi) is 6.47. The Morgan fingerprint density at radius 1 is 0.730 bits per heavy atom. The van der Waals surface area contributed by atoms with Gasteiger partial charge < -0.3 is 4.74 Å². The van der Waals surface area contributed by atoms with Crippen LogP contribution in [-0.2, 0) is 12.8 Å². The minimum absolute atomic E-state index is 0.602. The zero-order valence-corrected chi connectivity index (χ0v) is 20.5. The van der Waals surface area contributed by atoms with E-state index in [9.17, 15) is 0 Å². The van der Waals surface area contributed by atoms with Crippen LogP contribution in [0.15, 0.2) is 110 Å². The summed E-state index contributed by atoms with van der Waals surface area (Å²) < 4.78 is 6.31. The highest BCUT2D eigenvalue weighted by Gasteiger charge is 2.12. The number of aromatic nitrogens is 2. The third kappa shape index (κ3) is 4.87. The fraction of sp³-hybridized carbons (Fsp3) is 0.118. The number of ether oxygens (including phenoxy) is 1. The summed E-state index contributed by atoms with van der Waals surface area (Å²) in [5, 5.41) is 2.30. The van der Waals surface area contributed by atoms with Crippen molar-refractivity contribution in [2.45, 2.75) is 19.3 Å². The summed E-state index contributed by atoms with van der Waals surface area (Å²) in [7, 11) is 0. The summed E-state index contributed by atoms with van der Waals surface area (Å²) in [5.74, 6) is 7.38. The van der Waals surface area contributed by atoms with Crippen molar-refractivity contribution >= 4 is 16.3 Å². The van der Waals surface area contributed by atoms with E-state index in [1.165, 1.54) is 33.2 Å². The van der Waals surface area contributed by atoms with Crippen LogP contribution in [0.4, 0.5) is 0 Å². The molecule has 3 aromatic carbocycles. The zero-order chi connectivity index (χ0) is 24.9. The summed E-state index contributed by atoms with van der Waals surface area (Å²) in [6.07, 6.45) is 12.1. The Morgan fingerprint density at radius 3 is 2.51 bits per heavy atom. The lowest BCUT2D eigenvalue weighted by molar-refractivity contribution is 0.323. The molecule has 0 atom stereocenters. The number of benzene rings is 3. The van der Waals surface area contributed by atoms with Gasteiger partial charge in [-0.05, 0) is 51.4 Å². The lowest BCUT2D eigenvalue weighted by atomic mass is 9.92. The van der Waals surface area contributed by atoms with E-state index in [0.717, 1.165) is 41.5 Å². The van der Waals surface area contributed by atoms with E-state index in [1.807, 2.05) is 43.0 Å². The number of pyridine rings is 2. The topological polar surface area (TPSA) is 35.0 Å². The van der Waals surface area contributed by atoms with Crippen molar-refractivity contribution in [2.75, 3.05) is 6.61 Å². The van der Waals surface area contributed by atoms with Crippen molar-refractivity contribution in [3.8, 4) is 28.7 Å². The maximum absolute atomic E-state index is 6.31. The molecule has 37 heavy (non-hydrogen) atoms. The molecule has 0 radical (unpaired) electrons. The molecule has 1 aliphatic rings. The number of para-hydroxylation sites is 1. The van der Waals surface area contributed by atoms with Crippen LogP contribution in [0.5, 0.6) is 5.75 Å². The van der Waals surface area contributed by atoms with E-state index in [4.69, 9.17) is 4.74 Å². The molecular weight excluding hydrogens is 452 g/mol. The first-order chi connectivity index (χ1) is 18.4. The van der Waals surface area contributed by atoms with Crippen molar-refractivity contribution in [2.24, 2.45) is 0 Å². The molecule has 0 bridgehead atoms. The van der Waals surface area contributed by atoms with Gasteiger partial charge in [0.1, 0.15) is 5.75 Å². The van der Waals surface area contributed by atoms with Gasteiger partial charge in [-0.3, -0.25) is 9.97 Å². The smallest absolute Gasteiger partial charge is 0.127 e. The van der Waals surface area contributed by atoms with Crippen molar-refractivity contribution in [1.29, 1.82) is 0 Å². The van der Waals surface area contributed by atoms with E-state index in [-0.39, 0.29) is 0 Å². The van der Waals surface area contributed by atoms with Crippen molar-refractivity contribution < 1.29 is 4.74 Å². The van der Waals surface area contributed by atoms with Crippen molar-refractivity contribution in [1.82, 2.24) is 9.97 Å². The average Bonchev–Trinajstić information content (AvgIpc) is 2.94. The molecule has 3 nitrogen and oxygen atoms in total. The highest BCUT2D eigenvalue weighted by molar-refractivity contribution is 5.97. The number of nitrogens with zero attached hydrogens (tertiary/aromatic N) is 2. The van der Waals surface area contributed by atoms with Crippen molar-refractivity contribution in [3.05, 3.63) is 132 Å². The van der Waals surface area contributed by atoms with Gasteiger partial charge in [-0.2, -0.15) is 0 Å².